The summed E-state index contributed by atoms with van der Waals surface area (Å²) in [4.78, 5) is 0. The van der Waals surface area contributed by atoms with E-state index in [1.165, 1.54) is 79.3 Å². The summed E-state index contributed by atoms with van der Waals surface area (Å²) in [5, 5.41) is 2.86. The molecule has 0 saturated carbocycles. The quantitative estimate of drug-likeness (QED) is 0.242. The first-order chi connectivity index (χ1) is 11.9. The second-order valence-corrected chi connectivity index (χ2v) is 10.7. The summed E-state index contributed by atoms with van der Waals surface area (Å²) < 4.78 is 3.12. The molecule has 0 fully saturated rings. The van der Waals surface area contributed by atoms with E-state index in [9.17, 15) is 0 Å². The van der Waals surface area contributed by atoms with Crippen molar-refractivity contribution in [1.82, 2.24) is 0 Å². The Morgan fingerprint density at radius 3 is 2.12 bits per heavy atom. The molecule has 0 bridgehead atoms. The SMILES string of the molecule is CCCCCCCCC[CH2][Sb][CH2]CCc1cccc2ccccc12.O. The fourth-order valence-electron chi connectivity index (χ4n) is 3.36. The molecule has 0 amide bonds. The molecule has 0 unspecified atom stereocenters. The van der Waals surface area contributed by atoms with E-state index in [4.69, 9.17) is 0 Å². The van der Waals surface area contributed by atoms with E-state index in [-0.39, 0.29) is 27.1 Å². The molecule has 0 aromatic heterocycles. The monoisotopic (exact) mass is 449 g/mol. The van der Waals surface area contributed by atoms with Crippen LogP contribution in [0.3, 0.4) is 0 Å². The second kappa shape index (κ2) is 14.6. The zero-order valence-electron chi connectivity index (χ0n) is 16.0. The van der Waals surface area contributed by atoms with Crippen LogP contribution in [0, 0.1) is 0 Å². The number of benzene rings is 2. The van der Waals surface area contributed by atoms with Crippen molar-refractivity contribution in [2.75, 3.05) is 0 Å². The molecule has 2 aromatic rings. The number of aryl methyl sites for hydroxylation is 1. The summed E-state index contributed by atoms with van der Waals surface area (Å²) >= 11 is 0.0987. The Hall–Kier alpha value is -0.522. The normalized spacial score (nSPS) is 10.8. The van der Waals surface area contributed by atoms with Gasteiger partial charge in [0.25, 0.3) is 0 Å². The molecular formula is C23H36OSb. The molecule has 2 heteroatoms. The molecule has 25 heavy (non-hydrogen) atoms. The van der Waals surface area contributed by atoms with Gasteiger partial charge in [-0.25, -0.2) is 0 Å². The number of hydrogen-bond acceptors (Lipinski definition) is 0. The molecule has 0 aliphatic carbocycles. The molecule has 0 atom stereocenters. The van der Waals surface area contributed by atoms with Crippen LogP contribution in [0.1, 0.15) is 70.3 Å². The average Bonchev–Trinajstić information content (AvgIpc) is 2.63. The van der Waals surface area contributed by atoms with E-state index < -0.39 is 0 Å². The van der Waals surface area contributed by atoms with Crippen molar-refractivity contribution in [2.24, 2.45) is 0 Å². The molecule has 1 radical (unpaired) electrons. The van der Waals surface area contributed by atoms with Gasteiger partial charge in [-0.15, -0.1) is 0 Å². The van der Waals surface area contributed by atoms with Gasteiger partial charge >= 0.3 is 160 Å². The van der Waals surface area contributed by atoms with E-state index in [0.29, 0.717) is 0 Å². The van der Waals surface area contributed by atoms with Gasteiger partial charge in [-0.1, -0.05) is 0 Å². The maximum Gasteiger partial charge on any atom is -0.412 e. The standard InChI is InChI=1S/C13H13.C10H21.H2O.Sb/c1-2-6-11-8-5-9-12-7-3-4-10-13(11)12;1-3-5-7-9-10-8-6-4-2;;/h3-5,7-10H,1-2,6H2;1,3-10H2,2H3;1H2;. The smallest absolute Gasteiger partial charge is 0.412 e. The Morgan fingerprint density at radius 2 is 1.32 bits per heavy atom. The van der Waals surface area contributed by atoms with Crippen LogP contribution in [-0.2, 0) is 6.42 Å². The third kappa shape index (κ3) is 9.11. The summed E-state index contributed by atoms with van der Waals surface area (Å²) in [5.41, 5.74) is 1.55. The van der Waals surface area contributed by atoms with E-state index in [1.807, 2.05) is 0 Å². The van der Waals surface area contributed by atoms with Crippen LogP contribution in [0.2, 0.25) is 8.73 Å². The molecule has 0 saturated heterocycles. The van der Waals surface area contributed by atoms with E-state index in [2.05, 4.69) is 49.4 Å². The first-order valence-electron chi connectivity index (χ1n) is 10.0. The number of fused-ring (bicyclic) bond motifs is 1. The molecule has 0 aliphatic heterocycles. The first kappa shape index (κ1) is 22.5. The van der Waals surface area contributed by atoms with Gasteiger partial charge in [-0.05, 0) is 0 Å². The average molecular weight is 450 g/mol. The maximum atomic E-state index is 2.32. The van der Waals surface area contributed by atoms with Crippen molar-refractivity contribution in [3.05, 3.63) is 48.0 Å². The van der Waals surface area contributed by atoms with Crippen LogP contribution in [0.5, 0.6) is 0 Å². The fraction of sp³-hybridized carbons (Fsp3) is 0.565. The van der Waals surface area contributed by atoms with Gasteiger partial charge < -0.3 is 5.48 Å². The summed E-state index contributed by atoms with van der Waals surface area (Å²) in [7, 11) is 0. The summed E-state index contributed by atoms with van der Waals surface area (Å²) in [6.07, 6.45) is 14.4. The minimum absolute atomic E-state index is 0. The Labute approximate surface area is 165 Å². The largest absolute Gasteiger partial charge is 0.412 e. The Bertz CT molecular complexity index is 562. The molecule has 2 rings (SSSR count). The van der Waals surface area contributed by atoms with Gasteiger partial charge in [0.05, 0.1) is 0 Å². The Kier molecular flexibility index (Phi) is 13.2. The number of unbranched alkanes of at least 4 members (excludes halogenated alkanes) is 7. The van der Waals surface area contributed by atoms with Crippen molar-refractivity contribution in [3.63, 3.8) is 0 Å². The third-order valence-corrected chi connectivity index (χ3v) is 8.42. The molecule has 139 valence electrons. The van der Waals surface area contributed by atoms with Crippen molar-refractivity contribution < 1.29 is 5.48 Å². The van der Waals surface area contributed by atoms with Gasteiger partial charge in [-0.2, -0.15) is 0 Å². The van der Waals surface area contributed by atoms with Crippen molar-refractivity contribution in [3.8, 4) is 0 Å². The van der Waals surface area contributed by atoms with Crippen molar-refractivity contribution >= 4 is 32.4 Å². The summed E-state index contributed by atoms with van der Waals surface area (Å²) in [6, 6.07) is 15.6. The third-order valence-electron chi connectivity index (χ3n) is 4.81. The molecular weight excluding hydrogens is 414 g/mol. The van der Waals surface area contributed by atoms with Gasteiger partial charge in [0.1, 0.15) is 0 Å². The van der Waals surface area contributed by atoms with E-state index in [1.54, 1.807) is 9.93 Å². The van der Waals surface area contributed by atoms with Gasteiger partial charge in [0.2, 0.25) is 0 Å². The number of rotatable bonds is 13. The zero-order valence-corrected chi connectivity index (χ0v) is 18.5. The van der Waals surface area contributed by atoms with Gasteiger partial charge in [0.15, 0.2) is 0 Å². The molecule has 0 spiro atoms. The molecule has 0 heterocycles. The minimum atomic E-state index is 0. The number of hydrogen-bond donors (Lipinski definition) is 0. The van der Waals surface area contributed by atoms with Crippen LogP contribution >= 0.6 is 0 Å². The van der Waals surface area contributed by atoms with Crippen LogP contribution in [0.15, 0.2) is 42.5 Å². The predicted molar refractivity (Wildman–Crippen MR) is 114 cm³/mol. The molecule has 2 aromatic carbocycles. The topological polar surface area (TPSA) is 31.5 Å². The first-order valence-corrected chi connectivity index (χ1v) is 13.6. The summed E-state index contributed by atoms with van der Waals surface area (Å²) in [6.45, 7) is 2.30. The molecule has 1 nitrogen and oxygen atoms in total. The minimum Gasteiger partial charge on any atom is -0.412 e. The molecule has 0 aliphatic rings. The van der Waals surface area contributed by atoms with Crippen LogP contribution in [0.4, 0.5) is 0 Å². The van der Waals surface area contributed by atoms with E-state index in [0.717, 1.165) is 0 Å². The van der Waals surface area contributed by atoms with Gasteiger partial charge in [0, 0.05) is 0 Å². The maximum absolute atomic E-state index is 2.32. The van der Waals surface area contributed by atoms with Gasteiger partial charge in [-0.3, -0.25) is 0 Å². The van der Waals surface area contributed by atoms with Crippen molar-refractivity contribution in [2.45, 2.75) is 79.9 Å². The molecule has 2 N–H and O–H groups in total. The zero-order chi connectivity index (χ0) is 16.9. The Morgan fingerprint density at radius 1 is 0.680 bits per heavy atom. The fourth-order valence-corrected chi connectivity index (χ4v) is 6.37. The summed E-state index contributed by atoms with van der Waals surface area (Å²) in [5.74, 6) is 0. The van der Waals surface area contributed by atoms with Crippen LogP contribution < -0.4 is 0 Å². The predicted octanol–water partition coefficient (Wildman–Crippen LogP) is 6.63. The van der Waals surface area contributed by atoms with Crippen molar-refractivity contribution in [1.29, 1.82) is 0 Å². The van der Waals surface area contributed by atoms with Crippen LogP contribution in [0.25, 0.3) is 10.8 Å². The Balaban J connectivity index is 0.00000312. The van der Waals surface area contributed by atoms with Crippen LogP contribution in [-0.4, -0.2) is 27.1 Å². The second-order valence-electron chi connectivity index (χ2n) is 6.89. The van der Waals surface area contributed by atoms with E-state index >= 15 is 0 Å².